The molecule has 3 rings (SSSR count). The van der Waals surface area contributed by atoms with Crippen molar-refractivity contribution in [1.82, 2.24) is 0 Å². The topological polar surface area (TPSA) is 88.1 Å². The van der Waals surface area contributed by atoms with Crippen molar-refractivity contribution in [1.29, 1.82) is 5.26 Å². The largest absolute Gasteiger partial charge is 0.457 e. The van der Waals surface area contributed by atoms with E-state index in [0.29, 0.717) is 28.4 Å². The number of nitrogen functional groups attached to an aromatic ring is 1. The number of hydrogen-bond acceptors (Lipinski definition) is 4. The van der Waals surface area contributed by atoms with Crippen LogP contribution < -0.4 is 15.8 Å². The SMILES string of the molecule is CC(C)(C#N)c1cccc(C(=O)Nc2cccc(Oc3ccc(N)cc3)c2)c1. The number of carbonyl (C=O) groups excluding carboxylic acids is 1. The second-order valence-electron chi connectivity index (χ2n) is 6.97. The van der Waals surface area contributed by atoms with Gasteiger partial charge >= 0.3 is 0 Å². The lowest BCUT2D eigenvalue weighted by molar-refractivity contribution is 0.102. The first kappa shape index (κ1) is 19.0. The van der Waals surface area contributed by atoms with Crippen LogP contribution in [0.25, 0.3) is 0 Å². The number of nitrogens with two attached hydrogens (primary N) is 1. The molecule has 0 unspecified atom stereocenters. The number of carbonyl (C=O) groups is 1. The standard InChI is InChI=1S/C23H21N3O2/c1-23(2,15-24)17-6-3-5-16(13-17)22(27)26-19-7-4-8-21(14-19)28-20-11-9-18(25)10-12-20/h3-14H,25H2,1-2H3,(H,26,27). The number of nitriles is 1. The zero-order valence-electron chi connectivity index (χ0n) is 15.8. The Labute approximate surface area is 164 Å². The summed E-state index contributed by atoms with van der Waals surface area (Å²) >= 11 is 0. The second-order valence-corrected chi connectivity index (χ2v) is 6.97. The van der Waals surface area contributed by atoms with Crippen LogP contribution in [-0.4, -0.2) is 5.91 Å². The Hall–Kier alpha value is -3.78. The Morgan fingerprint density at radius 3 is 2.43 bits per heavy atom. The molecule has 0 aromatic heterocycles. The maximum atomic E-state index is 12.6. The first-order valence-electron chi connectivity index (χ1n) is 8.84. The molecule has 0 aliphatic heterocycles. The van der Waals surface area contributed by atoms with Gasteiger partial charge in [0.2, 0.25) is 0 Å². The van der Waals surface area contributed by atoms with Crippen molar-refractivity contribution in [3.8, 4) is 17.6 Å². The van der Waals surface area contributed by atoms with Gasteiger partial charge in [0, 0.05) is 23.0 Å². The first-order chi connectivity index (χ1) is 13.4. The summed E-state index contributed by atoms with van der Waals surface area (Å²) in [5.74, 6) is 1.01. The summed E-state index contributed by atoms with van der Waals surface area (Å²) < 4.78 is 5.80. The van der Waals surface area contributed by atoms with Gasteiger partial charge in [0.25, 0.3) is 5.91 Å². The molecule has 3 aromatic carbocycles. The normalized spacial score (nSPS) is 10.8. The minimum Gasteiger partial charge on any atom is -0.457 e. The lowest BCUT2D eigenvalue weighted by Crippen LogP contribution is -2.17. The molecule has 0 aliphatic rings. The van der Waals surface area contributed by atoms with E-state index in [1.165, 1.54) is 0 Å². The van der Waals surface area contributed by atoms with Crippen LogP contribution in [0.1, 0.15) is 29.8 Å². The summed E-state index contributed by atoms with van der Waals surface area (Å²) in [6.07, 6.45) is 0. The van der Waals surface area contributed by atoms with Crippen LogP contribution in [0.3, 0.4) is 0 Å². The quantitative estimate of drug-likeness (QED) is 0.610. The number of benzene rings is 3. The van der Waals surface area contributed by atoms with E-state index < -0.39 is 5.41 Å². The number of amides is 1. The average molecular weight is 371 g/mol. The van der Waals surface area contributed by atoms with E-state index in [2.05, 4.69) is 11.4 Å². The highest BCUT2D eigenvalue weighted by atomic mass is 16.5. The molecule has 0 fully saturated rings. The molecule has 0 heterocycles. The number of nitrogens with zero attached hydrogens (tertiary/aromatic N) is 1. The molecule has 0 aliphatic carbocycles. The van der Waals surface area contributed by atoms with Gasteiger partial charge in [0.1, 0.15) is 11.5 Å². The van der Waals surface area contributed by atoms with E-state index in [-0.39, 0.29) is 5.91 Å². The molecule has 5 heteroatoms. The molecule has 0 bridgehead atoms. The van der Waals surface area contributed by atoms with E-state index in [1.807, 2.05) is 26.0 Å². The van der Waals surface area contributed by atoms with E-state index in [0.717, 1.165) is 5.56 Å². The predicted molar refractivity (Wildman–Crippen MR) is 110 cm³/mol. The van der Waals surface area contributed by atoms with Gasteiger partial charge in [-0.2, -0.15) is 5.26 Å². The summed E-state index contributed by atoms with van der Waals surface area (Å²) in [7, 11) is 0. The van der Waals surface area contributed by atoms with Crippen LogP contribution in [-0.2, 0) is 5.41 Å². The van der Waals surface area contributed by atoms with Gasteiger partial charge < -0.3 is 15.8 Å². The number of anilines is 2. The van der Waals surface area contributed by atoms with Crippen molar-refractivity contribution >= 4 is 17.3 Å². The zero-order valence-corrected chi connectivity index (χ0v) is 15.8. The molecule has 0 spiro atoms. The van der Waals surface area contributed by atoms with Gasteiger partial charge in [-0.1, -0.05) is 18.2 Å². The summed E-state index contributed by atoms with van der Waals surface area (Å²) in [6.45, 7) is 3.64. The van der Waals surface area contributed by atoms with E-state index in [1.54, 1.807) is 60.7 Å². The van der Waals surface area contributed by atoms with Crippen LogP contribution in [0.5, 0.6) is 11.5 Å². The molecule has 0 atom stereocenters. The Morgan fingerprint density at radius 2 is 1.71 bits per heavy atom. The Morgan fingerprint density at radius 1 is 1.00 bits per heavy atom. The molecule has 0 radical (unpaired) electrons. The van der Waals surface area contributed by atoms with Gasteiger partial charge in [-0.15, -0.1) is 0 Å². The van der Waals surface area contributed by atoms with E-state index in [4.69, 9.17) is 10.5 Å². The number of hydrogen-bond donors (Lipinski definition) is 2. The number of rotatable bonds is 5. The van der Waals surface area contributed by atoms with E-state index in [9.17, 15) is 10.1 Å². The number of nitrogens with one attached hydrogen (secondary N) is 1. The minimum atomic E-state index is -0.664. The molecule has 28 heavy (non-hydrogen) atoms. The fourth-order valence-electron chi connectivity index (χ4n) is 2.63. The first-order valence-corrected chi connectivity index (χ1v) is 8.84. The van der Waals surface area contributed by atoms with Crippen LogP contribution >= 0.6 is 0 Å². The highest BCUT2D eigenvalue weighted by Gasteiger charge is 2.20. The molecule has 5 nitrogen and oxygen atoms in total. The highest BCUT2D eigenvalue weighted by Crippen LogP contribution is 2.26. The second kappa shape index (κ2) is 7.85. The molecule has 0 saturated heterocycles. The van der Waals surface area contributed by atoms with Gasteiger partial charge in [-0.25, -0.2) is 0 Å². The van der Waals surface area contributed by atoms with Crippen molar-refractivity contribution in [2.75, 3.05) is 11.1 Å². The fourth-order valence-corrected chi connectivity index (χ4v) is 2.63. The minimum absolute atomic E-state index is 0.250. The lowest BCUT2D eigenvalue weighted by Gasteiger charge is -2.16. The maximum absolute atomic E-state index is 12.6. The van der Waals surface area contributed by atoms with Crippen molar-refractivity contribution in [2.24, 2.45) is 0 Å². The average Bonchev–Trinajstić information content (AvgIpc) is 2.70. The summed E-state index contributed by atoms with van der Waals surface area (Å²) in [4.78, 5) is 12.6. The summed E-state index contributed by atoms with van der Waals surface area (Å²) in [5.41, 5.74) is 7.58. The Balaban J connectivity index is 1.75. The van der Waals surface area contributed by atoms with Crippen LogP contribution in [0, 0.1) is 11.3 Å². The third-order valence-electron chi connectivity index (χ3n) is 4.33. The van der Waals surface area contributed by atoms with Crippen molar-refractivity contribution in [2.45, 2.75) is 19.3 Å². The monoisotopic (exact) mass is 371 g/mol. The molecular weight excluding hydrogens is 350 g/mol. The zero-order chi connectivity index (χ0) is 20.1. The van der Waals surface area contributed by atoms with Crippen molar-refractivity contribution < 1.29 is 9.53 Å². The Bertz CT molecular complexity index is 1030. The highest BCUT2D eigenvalue weighted by molar-refractivity contribution is 6.04. The van der Waals surface area contributed by atoms with Gasteiger partial charge in [0.15, 0.2) is 0 Å². The predicted octanol–water partition coefficient (Wildman–Crippen LogP) is 5.11. The van der Waals surface area contributed by atoms with Crippen LogP contribution in [0.15, 0.2) is 72.8 Å². The molecule has 140 valence electrons. The van der Waals surface area contributed by atoms with Crippen molar-refractivity contribution in [3.63, 3.8) is 0 Å². The van der Waals surface area contributed by atoms with Crippen molar-refractivity contribution in [3.05, 3.63) is 83.9 Å². The van der Waals surface area contributed by atoms with Crippen LogP contribution in [0.4, 0.5) is 11.4 Å². The third-order valence-corrected chi connectivity index (χ3v) is 4.33. The van der Waals surface area contributed by atoms with Gasteiger partial charge in [0.05, 0.1) is 11.5 Å². The molecule has 1 amide bonds. The molecular formula is C23H21N3O2. The summed E-state index contributed by atoms with van der Waals surface area (Å²) in [6, 6.07) is 23.6. The van der Waals surface area contributed by atoms with E-state index >= 15 is 0 Å². The number of ether oxygens (including phenoxy) is 1. The van der Waals surface area contributed by atoms with Crippen LogP contribution in [0.2, 0.25) is 0 Å². The lowest BCUT2D eigenvalue weighted by atomic mass is 9.85. The maximum Gasteiger partial charge on any atom is 0.255 e. The Kier molecular flexibility index (Phi) is 5.32. The molecule has 3 aromatic rings. The fraction of sp³-hybridized carbons (Fsp3) is 0.130. The van der Waals surface area contributed by atoms with Gasteiger partial charge in [-0.05, 0) is 67.9 Å². The smallest absolute Gasteiger partial charge is 0.255 e. The molecule has 3 N–H and O–H groups in total. The summed E-state index contributed by atoms with van der Waals surface area (Å²) in [5, 5.41) is 12.2. The molecule has 0 saturated carbocycles. The van der Waals surface area contributed by atoms with Gasteiger partial charge in [-0.3, -0.25) is 4.79 Å². The third kappa shape index (κ3) is 4.49.